The largest absolute Gasteiger partial charge is 0.403 e. The number of rotatable bonds is 5. The standard InChI is InChI=1S/C17H14ClN3O2S/c1-2-24-12-9-7-11(8-10-12)15(22)19-17-21-20-16(23-17)13-5-3-4-6-14(13)18/h3-10H,2H2,1H3,(H,19,21,22). The number of benzene rings is 2. The molecule has 1 N–H and O–H groups in total. The molecule has 0 aliphatic heterocycles. The van der Waals surface area contributed by atoms with Crippen LogP contribution in [0.2, 0.25) is 5.02 Å². The van der Waals surface area contributed by atoms with E-state index in [4.69, 9.17) is 16.0 Å². The molecule has 7 heteroatoms. The molecule has 0 saturated carbocycles. The molecule has 0 saturated heterocycles. The molecule has 2 aromatic carbocycles. The molecule has 3 aromatic rings. The molecule has 0 spiro atoms. The lowest BCUT2D eigenvalue weighted by Gasteiger charge is -2.02. The minimum atomic E-state index is -0.308. The highest BCUT2D eigenvalue weighted by Crippen LogP contribution is 2.27. The summed E-state index contributed by atoms with van der Waals surface area (Å²) in [5.74, 6) is 0.932. The van der Waals surface area contributed by atoms with Crippen molar-refractivity contribution in [1.82, 2.24) is 10.2 Å². The number of aromatic nitrogens is 2. The maximum atomic E-state index is 12.2. The summed E-state index contributed by atoms with van der Waals surface area (Å²) in [6.07, 6.45) is 0. The number of anilines is 1. The molecule has 0 unspecified atom stereocenters. The first kappa shape index (κ1) is 16.5. The molecule has 0 aliphatic rings. The molecule has 5 nitrogen and oxygen atoms in total. The third-order valence-corrected chi connectivity index (χ3v) is 4.40. The predicted molar refractivity (Wildman–Crippen MR) is 95.5 cm³/mol. The van der Waals surface area contributed by atoms with Crippen LogP contribution in [-0.2, 0) is 0 Å². The quantitative estimate of drug-likeness (QED) is 0.665. The average molecular weight is 360 g/mol. The Labute approximate surface area is 148 Å². The first-order valence-corrected chi connectivity index (χ1v) is 8.66. The molecule has 1 heterocycles. The summed E-state index contributed by atoms with van der Waals surface area (Å²) in [7, 11) is 0. The highest BCUT2D eigenvalue weighted by atomic mass is 35.5. The lowest BCUT2D eigenvalue weighted by Crippen LogP contribution is -2.11. The molecule has 3 rings (SSSR count). The first-order valence-electron chi connectivity index (χ1n) is 7.30. The molecule has 0 fully saturated rings. The molecule has 0 aliphatic carbocycles. The number of amides is 1. The second-order valence-electron chi connectivity index (χ2n) is 4.80. The lowest BCUT2D eigenvalue weighted by atomic mass is 10.2. The smallest absolute Gasteiger partial charge is 0.322 e. The fraction of sp³-hybridized carbons (Fsp3) is 0.118. The van der Waals surface area contributed by atoms with Gasteiger partial charge in [-0.3, -0.25) is 10.1 Å². The fourth-order valence-corrected chi connectivity index (χ4v) is 2.93. The van der Waals surface area contributed by atoms with Crippen molar-refractivity contribution >= 4 is 35.3 Å². The minimum absolute atomic E-state index is 0.0296. The summed E-state index contributed by atoms with van der Waals surface area (Å²) in [6.45, 7) is 2.08. The van der Waals surface area contributed by atoms with E-state index in [1.165, 1.54) is 0 Å². The second kappa shape index (κ2) is 7.51. The average Bonchev–Trinajstić information content (AvgIpc) is 3.04. The van der Waals surface area contributed by atoms with E-state index < -0.39 is 0 Å². The maximum Gasteiger partial charge on any atom is 0.322 e. The van der Waals surface area contributed by atoms with Crippen LogP contribution in [-0.4, -0.2) is 21.9 Å². The van der Waals surface area contributed by atoms with E-state index in [1.54, 1.807) is 36.0 Å². The first-order chi connectivity index (χ1) is 11.7. The summed E-state index contributed by atoms with van der Waals surface area (Å²) in [5, 5.41) is 10.8. The third kappa shape index (κ3) is 3.77. The number of hydrogen-bond donors (Lipinski definition) is 1. The Kier molecular flexibility index (Phi) is 5.17. The van der Waals surface area contributed by atoms with Crippen LogP contribution in [0.3, 0.4) is 0 Å². The zero-order valence-electron chi connectivity index (χ0n) is 12.8. The molecule has 0 atom stereocenters. The second-order valence-corrected chi connectivity index (χ2v) is 6.55. The van der Waals surface area contributed by atoms with Gasteiger partial charge in [0.2, 0.25) is 0 Å². The molecule has 1 amide bonds. The van der Waals surface area contributed by atoms with Gasteiger partial charge in [0, 0.05) is 10.5 Å². The molecule has 0 bridgehead atoms. The fourth-order valence-electron chi connectivity index (χ4n) is 2.06. The maximum absolute atomic E-state index is 12.2. The highest BCUT2D eigenvalue weighted by molar-refractivity contribution is 7.99. The van der Waals surface area contributed by atoms with E-state index in [-0.39, 0.29) is 17.8 Å². The number of nitrogens with one attached hydrogen (secondary N) is 1. The lowest BCUT2D eigenvalue weighted by molar-refractivity contribution is 0.102. The monoisotopic (exact) mass is 359 g/mol. The van der Waals surface area contributed by atoms with Gasteiger partial charge in [0.15, 0.2) is 0 Å². The van der Waals surface area contributed by atoms with E-state index in [9.17, 15) is 4.79 Å². The van der Waals surface area contributed by atoms with Gasteiger partial charge in [0.05, 0.1) is 10.6 Å². The molecule has 1 aromatic heterocycles. The van der Waals surface area contributed by atoms with Gasteiger partial charge in [-0.1, -0.05) is 35.8 Å². The minimum Gasteiger partial charge on any atom is -0.403 e. The molecular weight excluding hydrogens is 346 g/mol. The van der Waals surface area contributed by atoms with E-state index >= 15 is 0 Å². The van der Waals surface area contributed by atoms with Crippen molar-refractivity contribution in [1.29, 1.82) is 0 Å². The van der Waals surface area contributed by atoms with Crippen molar-refractivity contribution in [3.8, 4) is 11.5 Å². The van der Waals surface area contributed by atoms with Gasteiger partial charge in [0.25, 0.3) is 11.8 Å². The zero-order valence-corrected chi connectivity index (χ0v) is 14.4. The Morgan fingerprint density at radius 3 is 2.62 bits per heavy atom. The Morgan fingerprint density at radius 1 is 1.17 bits per heavy atom. The van der Waals surface area contributed by atoms with Crippen molar-refractivity contribution in [2.75, 3.05) is 11.1 Å². The SMILES string of the molecule is CCSc1ccc(C(=O)Nc2nnc(-c3ccccc3Cl)o2)cc1. The Bertz CT molecular complexity index is 849. The number of thioether (sulfide) groups is 1. The highest BCUT2D eigenvalue weighted by Gasteiger charge is 2.14. The topological polar surface area (TPSA) is 68.0 Å². The molecular formula is C17H14ClN3O2S. The Morgan fingerprint density at radius 2 is 1.92 bits per heavy atom. The number of carbonyl (C=O) groups excluding carboxylic acids is 1. The molecule has 122 valence electrons. The summed E-state index contributed by atoms with van der Waals surface area (Å²) < 4.78 is 5.46. The van der Waals surface area contributed by atoms with E-state index in [0.717, 1.165) is 10.6 Å². The third-order valence-electron chi connectivity index (χ3n) is 3.18. The summed E-state index contributed by atoms with van der Waals surface area (Å²) in [5.41, 5.74) is 1.14. The molecule has 0 radical (unpaired) electrons. The number of halogens is 1. The number of nitrogens with zero attached hydrogens (tertiary/aromatic N) is 2. The van der Waals surface area contributed by atoms with Gasteiger partial charge in [-0.15, -0.1) is 16.9 Å². The Hall–Kier alpha value is -2.31. The molecule has 24 heavy (non-hydrogen) atoms. The Balaban J connectivity index is 1.72. The van der Waals surface area contributed by atoms with Crippen LogP contribution in [0.4, 0.5) is 6.01 Å². The van der Waals surface area contributed by atoms with Crippen molar-refractivity contribution in [3.63, 3.8) is 0 Å². The number of carbonyl (C=O) groups is 1. The van der Waals surface area contributed by atoms with Crippen LogP contribution in [0, 0.1) is 0 Å². The van der Waals surface area contributed by atoms with E-state index in [0.29, 0.717) is 16.1 Å². The van der Waals surface area contributed by atoms with Crippen LogP contribution in [0.15, 0.2) is 57.8 Å². The van der Waals surface area contributed by atoms with Gasteiger partial charge in [-0.05, 0) is 42.2 Å². The summed E-state index contributed by atoms with van der Waals surface area (Å²) in [4.78, 5) is 13.3. The van der Waals surface area contributed by atoms with E-state index in [1.807, 2.05) is 24.3 Å². The van der Waals surface area contributed by atoms with Crippen molar-refractivity contribution in [3.05, 3.63) is 59.1 Å². The van der Waals surface area contributed by atoms with Crippen LogP contribution < -0.4 is 5.32 Å². The van der Waals surface area contributed by atoms with Crippen LogP contribution in [0.25, 0.3) is 11.5 Å². The van der Waals surface area contributed by atoms with Crippen molar-refractivity contribution < 1.29 is 9.21 Å². The number of hydrogen-bond acceptors (Lipinski definition) is 5. The van der Waals surface area contributed by atoms with Gasteiger partial charge < -0.3 is 4.42 Å². The van der Waals surface area contributed by atoms with Gasteiger partial charge in [-0.25, -0.2) is 0 Å². The summed E-state index contributed by atoms with van der Waals surface area (Å²) in [6, 6.07) is 14.5. The van der Waals surface area contributed by atoms with E-state index in [2.05, 4.69) is 22.4 Å². The van der Waals surface area contributed by atoms with Crippen LogP contribution >= 0.6 is 23.4 Å². The predicted octanol–water partition coefficient (Wildman–Crippen LogP) is 4.75. The zero-order chi connectivity index (χ0) is 16.9. The van der Waals surface area contributed by atoms with Gasteiger partial charge in [0.1, 0.15) is 0 Å². The van der Waals surface area contributed by atoms with Crippen molar-refractivity contribution in [2.24, 2.45) is 0 Å². The van der Waals surface area contributed by atoms with Gasteiger partial charge >= 0.3 is 6.01 Å². The van der Waals surface area contributed by atoms with Crippen LogP contribution in [0.1, 0.15) is 17.3 Å². The summed E-state index contributed by atoms with van der Waals surface area (Å²) >= 11 is 7.81. The van der Waals surface area contributed by atoms with Gasteiger partial charge in [-0.2, -0.15) is 0 Å². The van der Waals surface area contributed by atoms with Crippen molar-refractivity contribution in [2.45, 2.75) is 11.8 Å². The normalized spacial score (nSPS) is 10.6. The van der Waals surface area contributed by atoms with Crippen LogP contribution in [0.5, 0.6) is 0 Å².